The SMILES string of the molecule is CCCCCCCC/C=C\CCCCCCCC(O)C(=O)c1ccc(CO)o1. The number of aliphatic hydroxyl groups is 2. The van der Waals surface area contributed by atoms with Gasteiger partial charge in [-0.2, -0.15) is 0 Å². The van der Waals surface area contributed by atoms with Crippen LogP contribution in [-0.4, -0.2) is 22.1 Å². The first-order chi connectivity index (χ1) is 13.7. The molecule has 0 aliphatic carbocycles. The minimum atomic E-state index is -1.01. The third-order valence-corrected chi connectivity index (χ3v) is 5.10. The summed E-state index contributed by atoms with van der Waals surface area (Å²) in [5.74, 6) is 0.0797. The van der Waals surface area contributed by atoms with Crippen LogP contribution < -0.4 is 0 Å². The van der Waals surface area contributed by atoms with Crippen LogP contribution in [0, 0.1) is 0 Å². The van der Waals surface area contributed by atoms with Gasteiger partial charge >= 0.3 is 0 Å². The van der Waals surface area contributed by atoms with Crippen molar-refractivity contribution in [3.63, 3.8) is 0 Å². The molecule has 0 aliphatic heterocycles. The predicted octanol–water partition coefficient (Wildman–Crippen LogP) is 6.35. The Hall–Kier alpha value is -1.39. The maximum Gasteiger partial charge on any atom is 0.226 e. The Labute approximate surface area is 171 Å². The van der Waals surface area contributed by atoms with E-state index in [2.05, 4.69) is 19.1 Å². The second-order valence-corrected chi connectivity index (χ2v) is 7.68. The molecule has 0 saturated heterocycles. The molecule has 0 bridgehead atoms. The number of Topliss-reactive ketones (excluding diaryl/α,β-unsaturated/α-hetero) is 1. The molecular formula is C24H40O4. The number of allylic oxidation sites excluding steroid dienone is 2. The summed E-state index contributed by atoms with van der Waals surface area (Å²) in [5.41, 5.74) is 0. The minimum Gasteiger partial charge on any atom is -0.455 e. The van der Waals surface area contributed by atoms with Crippen LogP contribution in [0.2, 0.25) is 0 Å². The van der Waals surface area contributed by atoms with Gasteiger partial charge in [0.25, 0.3) is 0 Å². The standard InChI is InChI=1S/C24H40O4/c1-2-3-4-5-6-7-8-9-10-11-12-13-14-15-16-17-22(26)24(27)23-19-18-21(20-25)28-23/h9-10,18-19,22,25-26H,2-8,11-17,20H2,1H3/b10-9-. The van der Waals surface area contributed by atoms with Gasteiger partial charge in [-0.15, -0.1) is 0 Å². The molecule has 1 atom stereocenters. The second-order valence-electron chi connectivity index (χ2n) is 7.68. The summed E-state index contributed by atoms with van der Waals surface area (Å²) in [5, 5.41) is 18.9. The number of hydrogen-bond donors (Lipinski definition) is 2. The first-order valence-corrected chi connectivity index (χ1v) is 11.3. The fraction of sp³-hybridized carbons (Fsp3) is 0.708. The zero-order valence-electron chi connectivity index (χ0n) is 17.7. The van der Waals surface area contributed by atoms with E-state index in [1.165, 1.54) is 63.9 Å². The molecule has 160 valence electrons. The first kappa shape index (κ1) is 24.6. The van der Waals surface area contributed by atoms with Gasteiger partial charge in [-0.05, 0) is 44.2 Å². The Balaban J connectivity index is 1.93. The van der Waals surface area contributed by atoms with Crippen LogP contribution in [0.15, 0.2) is 28.7 Å². The van der Waals surface area contributed by atoms with Crippen LogP contribution in [0.3, 0.4) is 0 Å². The second kappa shape index (κ2) is 16.6. The monoisotopic (exact) mass is 392 g/mol. The summed E-state index contributed by atoms with van der Waals surface area (Å²) in [6.45, 7) is 2.02. The maximum atomic E-state index is 12.0. The minimum absolute atomic E-state index is 0.129. The van der Waals surface area contributed by atoms with Crippen molar-refractivity contribution in [3.05, 3.63) is 35.8 Å². The number of unbranched alkanes of at least 4 members (excludes halogenated alkanes) is 11. The summed E-state index contributed by atoms with van der Waals surface area (Å²) in [4.78, 5) is 12.0. The van der Waals surface area contributed by atoms with E-state index in [9.17, 15) is 9.90 Å². The van der Waals surface area contributed by atoms with Crippen molar-refractivity contribution >= 4 is 5.78 Å². The number of hydrogen-bond acceptors (Lipinski definition) is 4. The van der Waals surface area contributed by atoms with E-state index in [1.807, 2.05) is 0 Å². The maximum absolute atomic E-state index is 12.0. The number of aliphatic hydroxyl groups excluding tert-OH is 2. The molecule has 1 rings (SSSR count). The third kappa shape index (κ3) is 11.5. The molecule has 0 aliphatic rings. The van der Waals surface area contributed by atoms with E-state index in [4.69, 9.17) is 9.52 Å². The van der Waals surface area contributed by atoms with Crippen molar-refractivity contribution in [1.82, 2.24) is 0 Å². The van der Waals surface area contributed by atoms with Gasteiger partial charge < -0.3 is 14.6 Å². The molecule has 0 radical (unpaired) electrons. The van der Waals surface area contributed by atoms with E-state index < -0.39 is 11.9 Å². The Morgan fingerprint density at radius 2 is 1.50 bits per heavy atom. The van der Waals surface area contributed by atoms with Crippen LogP contribution in [0.1, 0.15) is 113 Å². The lowest BCUT2D eigenvalue weighted by Crippen LogP contribution is -2.19. The molecule has 2 N–H and O–H groups in total. The summed E-state index contributed by atoms with van der Waals surface area (Å²) in [6.07, 6.45) is 20.0. The number of rotatable bonds is 18. The van der Waals surface area contributed by atoms with Crippen LogP contribution in [0.25, 0.3) is 0 Å². The Bertz CT molecular complexity index is 532. The topological polar surface area (TPSA) is 70.7 Å². The van der Waals surface area contributed by atoms with Crippen molar-refractivity contribution in [3.8, 4) is 0 Å². The van der Waals surface area contributed by atoms with Crippen LogP contribution >= 0.6 is 0 Å². The van der Waals surface area contributed by atoms with Crippen molar-refractivity contribution in [2.45, 2.75) is 110 Å². The fourth-order valence-electron chi connectivity index (χ4n) is 3.30. The zero-order chi connectivity index (χ0) is 20.5. The largest absolute Gasteiger partial charge is 0.455 e. The summed E-state index contributed by atoms with van der Waals surface area (Å²) >= 11 is 0. The van der Waals surface area contributed by atoms with Crippen molar-refractivity contribution < 1.29 is 19.4 Å². The Morgan fingerprint density at radius 1 is 0.929 bits per heavy atom. The molecule has 1 aromatic rings. The quantitative estimate of drug-likeness (QED) is 0.173. The number of carbonyl (C=O) groups is 1. The van der Waals surface area contributed by atoms with Crippen LogP contribution in [0.5, 0.6) is 0 Å². The highest BCUT2D eigenvalue weighted by Crippen LogP contribution is 2.15. The summed E-state index contributed by atoms with van der Waals surface area (Å²) in [7, 11) is 0. The van der Waals surface area contributed by atoms with Gasteiger partial charge in [-0.3, -0.25) is 4.79 Å². The van der Waals surface area contributed by atoms with Gasteiger partial charge in [-0.25, -0.2) is 0 Å². The highest BCUT2D eigenvalue weighted by atomic mass is 16.4. The molecule has 4 nitrogen and oxygen atoms in total. The van der Waals surface area contributed by atoms with Crippen LogP contribution in [-0.2, 0) is 6.61 Å². The molecule has 1 heterocycles. The van der Waals surface area contributed by atoms with E-state index >= 15 is 0 Å². The average molecular weight is 393 g/mol. The number of furan rings is 1. The van der Waals surface area contributed by atoms with Crippen LogP contribution in [0.4, 0.5) is 0 Å². The molecule has 0 saturated carbocycles. The Morgan fingerprint density at radius 3 is 2.07 bits per heavy atom. The molecule has 4 heteroatoms. The number of ketones is 1. The van der Waals surface area contributed by atoms with Gasteiger partial charge in [0.05, 0.1) is 0 Å². The van der Waals surface area contributed by atoms with Gasteiger partial charge in [0.1, 0.15) is 18.5 Å². The molecule has 0 spiro atoms. The van der Waals surface area contributed by atoms with E-state index in [1.54, 1.807) is 6.07 Å². The third-order valence-electron chi connectivity index (χ3n) is 5.10. The highest BCUT2D eigenvalue weighted by Gasteiger charge is 2.20. The molecule has 0 amide bonds. The molecule has 0 aromatic carbocycles. The summed E-state index contributed by atoms with van der Waals surface area (Å²) < 4.78 is 5.18. The lowest BCUT2D eigenvalue weighted by Gasteiger charge is -2.07. The molecule has 1 unspecified atom stereocenters. The van der Waals surface area contributed by atoms with Crippen molar-refractivity contribution in [1.29, 1.82) is 0 Å². The lowest BCUT2D eigenvalue weighted by atomic mass is 10.0. The zero-order valence-corrected chi connectivity index (χ0v) is 17.7. The lowest BCUT2D eigenvalue weighted by molar-refractivity contribution is 0.0691. The predicted molar refractivity (Wildman–Crippen MR) is 114 cm³/mol. The van der Waals surface area contributed by atoms with E-state index in [0.29, 0.717) is 12.2 Å². The summed E-state index contributed by atoms with van der Waals surface area (Å²) in [6, 6.07) is 3.07. The van der Waals surface area contributed by atoms with Gasteiger partial charge in [0.2, 0.25) is 5.78 Å². The van der Waals surface area contributed by atoms with Gasteiger partial charge in [-0.1, -0.05) is 76.9 Å². The smallest absolute Gasteiger partial charge is 0.226 e. The highest BCUT2D eigenvalue weighted by molar-refractivity contribution is 5.96. The van der Waals surface area contributed by atoms with Crippen molar-refractivity contribution in [2.75, 3.05) is 0 Å². The van der Waals surface area contributed by atoms with E-state index in [0.717, 1.165) is 25.7 Å². The van der Waals surface area contributed by atoms with Gasteiger partial charge in [0.15, 0.2) is 5.76 Å². The molecular weight excluding hydrogens is 352 g/mol. The van der Waals surface area contributed by atoms with E-state index in [-0.39, 0.29) is 12.4 Å². The Kier molecular flexibility index (Phi) is 14.6. The average Bonchev–Trinajstić information content (AvgIpc) is 3.19. The fourth-order valence-corrected chi connectivity index (χ4v) is 3.30. The van der Waals surface area contributed by atoms with Crippen molar-refractivity contribution in [2.24, 2.45) is 0 Å². The van der Waals surface area contributed by atoms with Gasteiger partial charge in [0, 0.05) is 0 Å². The number of carbonyl (C=O) groups excluding carboxylic acids is 1. The molecule has 28 heavy (non-hydrogen) atoms. The first-order valence-electron chi connectivity index (χ1n) is 11.3. The molecule has 1 aromatic heterocycles. The molecule has 0 fully saturated rings. The normalized spacial score (nSPS) is 12.7.